The SMILES string of the molecule is N#CN=C(S/C=C/C(=O)c1ccccc1)SCc1ccccc1. The average Bonchev–Trinajstić information content (AvgIpc) is 2.61. The zero-order valence-electron chi connectivity index (χ0n) is 12.3. The summed E-state index contributed by atoms with van der Waals surface area (Å²) in [6.45, 7) is 0. The summed E-state index contributed by atoms with van der Waals surface area (Å²) in [7, 11) is 0. The van der Waals surface area contributed by atoms with Gasteiger partial charge in [-0.15, -0.1) is 0 Å². The van der Waals surface area contributed by atoms with E-state index in [-0.39, 0.29) is 5.78 Å². The van der Waals surface area contributed by atoms with Gasteiger partial charge in [-0.05, 0) is 17.0 Å². The van der Waals surface area contributed by atoms with Crippen LogP contribution in [0.2, 0.25) is 0 Å². The van der Waals surface area contributed by atoms with E-state index in [2.05, 4.69) is 4.99 Å². The molecular weight excluding hydrogens is 324 g/mol. The third kappa shape index (κ3) is 6.15. The number of allylic oxidation sites excluding steroid dienone is 1. The number of carbonyl (C=O) groups excluding carboxylic acids is 1. The van der Waals surface area contributed by atoms with E-state index in [1.54, 1.807) is 23.7 Å². The highest BCUT2D eigenvalue weighted by molar-refractivity contribution is 8.39. The summed E-state index contributed by atoms with van der Waals surface area (Å²) in [6, 6.07) is 19.0. The van der Waals surface area contributed by atoms with Crippen LogP contribution in [0.4, 0.5) is 0 Å². The second kappa shape index (κ2) is 9.67. The maximum absolute atomic E-state index is 12.0. The van der Waals surface area contributed by atoms with Crippen molar-refractivity contribution in [2.75, 3.05) is 0 Å². The van der Waals surface area contributed by atoms with Crippen molar-refractivity contribution in [1.29, 1.82) is 5.26 Å². The Kier molecular flexibility index (Phi) is 7.18. The summed E-state index contributed by atoms with van der Waals surface area (Å²) in [6.07, 6.45) is 3.30. The van der Waals surface area contributed by atoms with Gasteiger partial charge in [-0.1, -0.05) is 84.2 Å². The number of ketones is 1. The lowest BCUT2D eigenvalue weighted by Crippen LogP contribution is -1.93. The largest absolute Gasteiger partial charge is 0.289 e. The van der Waals surface area contributed by atoms with Crippen molar-refractivity contribution in [2.24, 2.45) is 4.99 Å². The van der Waals surface area contributed by atoms with Crippen LogP contribution in [0.25, 0.3) is 0 Å². The van der Waals surface area contributed by atoms with Gasteiger partial charge >= 0.3 is 0 Å². The summed E-state index contributed by atoms with van der Waals surface area (Å²) < 4.78 is 0.619. The molecule has 0 heterocycles. The van der Waals surface area contributed by atoms with Gasteiger partial charge in [0.15, 0.2) is 5.78 Å². The Balaban J connectivity index is 1.90. The number of rotatable bonds is 5. The smallest absolute Gasteiger partial charge is 0.207 e. The molecule has 0 aliphatic carbocycles. The van der Waals surface area contributed by atoms with E-state index in [9.17, 15) is 4.79 Å². The Bertz CT molecular complexity index is 735. The number of hydrogen-bond donors (Lipinski definition) is 0. The molecule has 0 aromatic heterocycles. The Labute approximate surface area is 144 Å². The van der Waals surface area contributed by atoms with Crippen LogP contribution < -0.4 is 0 Å². The van der Waals surface area contributed by atoms with E-state index >= 15 is 0 Å². The zero-order valence-corrected chi connectivity index (χ0v) is 13.9. The highest BCUT2D eigenvalue weighted by atomic mass is 32.2. The van der Waals surface area contributed by atoms with Crippen molar-refractivity contribution in [3.05, 3.63) is 83.3 Å². The summed E-state index contributed by atoms with van der Waals surface area (Å²) in [4.78, 5) is 15.7. The molecule has 0 aliphatic rings. The summed E-state index contributed by atoms with van der Waals surface area (Å²) in [5, 5.41) is 10.4. The summed E-state index contributed by atoms with van der Waals surface area (Å²) in [5.41, 5.74) is 1.80. The van der Waals surface area contributed by atoms with Crippen LogP contribution >= 0.6 is 23.5 Å². The number of thioether (sulfide) groups is 2. The molecule has 0 amide bonds. The molecule has 0 saturated heterocycles. The number of nitriles is 1. The van der Waals surface area contributed by atoms with Crippen molar-refractivity contribution in [1.82, 2.24) is 0 Å². The highest BCUT2D eigenvalue weighted by Gasteiger charge is 2.03. The van der Waals surface area contributed by atoms with Crippen LogP contribution in [0.5, 0.6) is 0 Å². The van der Waals surface area contributed by atoms with Crippen molar-refractivity contribution in [2.45, 2.75) is 5.75 Å². The lowest BCUT2D eigenvalue weighted by molar-refractivity contribution is 0.104. The molecule has 23 heavy (non-hydrogen) atoms. The maximum Gasteiger partial charge on any atom is 0.207 e. The molecule has 0 bridgehead atoms. The Morgan fingerprint density at radius 1 is 1.09 bits per heavy atom. The molecule has 0 radical (unpaired) electrons. The van der Waals surface area contributed by atoms with Crippen LogP contribution in [0.1, 0.15) is 15.9 Å². The molecule has 0 unspecified atom stereocenters. The van der Waals surface area contributed by atoms with E-state index in [4.69, 9.17) is 5.26 Å². The number of aliphatic imine (C=N–C) groups is 1. The maximum atomic E-state index is 12.0. The molecule has 114 valence electrons. The van der Waals surface area contributed by atoms with Crippen LogP contribution in [-0.4, -0.2) is 10.2 Å². The molecular formula is C18H14N2OS2. The zero-order chi connectivity index (χ0) is 16.3. The first-order valence-electron chi connectivity index (χ1n) is 6.85. The summed E-state index contributed by atoms with van der Waals surface area (Å²) in [5.74, 6) is 0.664. The molecule has 0 N–H and O–H groups in total. The van der Waals surface area contributed by atoms with Gasteiger partial charge in [-0.2, -0.15) is 10.3 Å². The second-order valence-corrected chi connectivity index (χ2v) is 6.52. The lowest BCUT2D eigenvalue weighted by Gasteiger charge is -2.01. The predicted octanol–water partition coefficient (Wildman–Crippen LogP) is 4.89. The van der Waals surface area contributed by atoms with Gasteiger partial charge in [0.25, 0.3) is 0 Å². The van der Waals surface area contributed by atoms with Crippen LogP contribution in [0.3, 0.4) is 0 Å². The van der Waals surface area contributed by atoms with Gasteiger partial charge < -0.3 is 0 Å². The predicted molar refractivity (Wildman–Crippen MR) is 98.3 cm³/mol. The first kappa shape index (κ1) is 17.1. The quantitative estimate of drug-likeness (QED) is 0.256. The fourth-order valence-electron chi connectivity index (χ4n) is 1.71. The van der Waals surface area contributed by atoms with E-state index < -0.39 is 0 Å². The minimum Gasteiger partial charge on any atom is -0.289 e. The molecule has 2 rings (SSSR count). The minimum absolute atomic E-state index is 0.0672. The fraction of sp³-hybridized carbons (Fsp3) is 0.0556. The van der Waals surface area contributed by atoms with E-state index in [0.717, 1.165) is 11.3 Å². The first-order chi connectivity index (χ1) is 11.3. The van der Waals surface area contributed by atoms with Gasteiger partial charge in [-0.3, -0.25) is 4.79 Å². The topological polar surface area (TPSA) is 53.2 Å². The van der Waals surface area contributed by atoms with Gasteiger partial charge in [0, 0.05) is 11.3 Å². The number of nitrogens with zero attached hydrogens (tertiary/aromatic N) is 2. The Hall–Kier alpha value is -2.29. The van der Waals surface area contributed by atoms with Gasteiger partial charge in [0.2, 0.25) is 6.19 Å². The number of carbonyl (C=O) groups is 1. The van der Waals surface area contributed by atoms with Crippen LogP contribution in [0, 0.1) is 11.5 Å². The van der Waals surface area contributed by atoms with Crippen molar-refractivity contribution in [3.8, 4) is 6.19 Å². The normalized spacial score (nSPS) is 11.3. The van der Waals surface area contributed by atoms with Gasteiger partial charge in [-0.25, -0.2) is 0 Å². The second-order valence-electron chi connectivity index (χ2n) is 4.40. The standard InChI is InChI=1S/C18H14N2OS2/c19-14-20-18(23-13-15-7-3-1-4-8-15)22-12-11-17(21)16-9-5-2-6-10-16/h1-12H,13H2/b12-11+,20-18?. The molecule has 0 atom stereocenters. The average molecular weight is 338 g/mol. The lowest BCUT2D eigenvalue weighted by atomic mass is 10.1. The van der Waals surface area contributed by atoms with Gasteiger partial charge in [0.05, 0.1) is 0 Å². The minimum atomic E-state index is -0.0672. The van der Waals surface area contributed by atoms with Crippen LogP contribution in [-0.2, 0) is 5.75 Å². The molecule has 0 spiro atoms. The third-order valence-corrected chi connectivity index (χ3v) is 4.82. The van der Waals surface area contributed by atoms with E-state index in [1.165, 1.54) is 29.6 Å². The van der Waals surface area contributed by atoms with E-state index in [1.807, 2.05) is 48.5 Å². The van der Waals surface area contributed by atoms with Crippen molar-refractivity contribution in [3.63, 3.8) is 0 Å². The molecule has 0 fully saturated rings. The molecule has 2 aromatic rings. The highest BCUT2D eigenvalue weighted by Crippen LogP contribution is 2.22. The van der Waals surface area contributed by atoms with Crippen molar-refractivity contribution < 1.29 is 4.79 Å². The Morgan fingerprint density at radius 2 is 1.74 bits per heavy atom. The van der Waals surface area contributed by atoms with Crippen molar-refractivity contribution >= 4 is 33.7 Å². The number of benzene rings is 2. The summed E-state index contributed by atoms with van der Waals surface area (Å²) >= 11 is 2.75. The molecule has 0 saturated carbocycles. The fourth-order valence-corrected chi connectivity index (χ4v) is 3.31. The molecule has 3 nitrogen and oxygen atoms in total. The number of hydrogen-bond acceptors (Lipinski definition) is 5. The van der Waals surface area contributed by atoms with Gasteiger partial charge in [0.1, 0.15) is 4.38 Å². The molecule has 0 aliphatic heterocycles. The van der Waals surface area contributed by atoms with E-state index in [0.29, 0.717) is 9.94 Å². The molecule has 2 aromatic carbocycles. The first-order valence-corrected chi connectivity index (χ1v) is 8.72. The Morgan fingerprint density at radius 3 is 2.39 bits per heavy atom. The monoisotopic (exact) mass is 338 g/mol. The molecule has 5 heteroatoms. The third-order valence-electron chi connectivity index (χ3n) is 2.79. The van der Waals surface area contributed by atoms with Crippen LogP contribution in [0.15, 0.2) is 77.1 Å².